The molecule has 6 nitrogen and oxygen atoms in total. The molecular weight excluding hydrogens is 272 g/mol. The van der Waals surface area contributed by atoms with Crippen LogP contribution in [0.1, 0.15) is 21.6 Å². The van der Waals surface area contributed by atoms with E-state index < -0.39 is 17.9 Å². The Bertz CT molecular complexity index is 690. The van der Waals surface area contributed by atoms with Crippen LogP contribution in [0.5, 0.6) is 0 Å². The van der Waals surface area contributed by atoms with Crippen molar-refractivity contribution < 1.29 is 19.4 Å². The predicted molar refractivity (Wildman–Crippen MR) is 78.5 cm³/mol. The monoisotopic (exact) mass is 290 g/mol. The van der Waals surface area contributed by atoms with E-state index in [2.05, 4.69) is 10.3 Å². The highest BCUT2D eigenvalue weighted by atomic mass is 16.5. The summed E-state index contributed by atoms with van der Waals surface area (Å²) in [6.45, 7) is 3.86. The molecule has 2 aromatic rings. The number of hydrogen-bond acceptors (Lipinski definition) is 3. The van der Waals surface area contributed by atoms with Gasteiger partial charge in [0.2, 0.25) is 0 Å². The minimum absolute atomic E-state index is 0.0778. The van der Waals surface area contributed by atoms with E-state index in [1.807, 2.05) is 19.9 Å². The first kappa shape index (κ1) is 15.1. The van der Waals surface area contributed by atoms with Crippen LogP contribution >= 0.6 is 0 Å². The molecule has 0 aliphatic heterocycles. The Morgan fingerprint density at radius 2 is 2.10 bits per heavy atom. The minimum Gasteiger partial charge on any atom is -0.480 e. The second-order valence-corrected chi connectivity index (χ2v) is 4.95. The maximum Gasteiger partial charge on any atom is 0.328 e. The van der Waals surface area contributed by atoms with E-state index in [0.29, 0.717) is 5.56 Å². The molecule has 0 aliphatic rings. The normalized spacial score (nSPS) is 12.3. The first-order valence-corrected chi connectivity index (χ1v) is 6.55. The van der Waals surface area contributed by atoms with Crippen molar-refractivity contribution in [3.05, 3.63) is 35.0 Å². The molecule has 1 atom stereocenters. The van der Waals surface area contributed by atoms with Gasteiger partial charge in [0.15, 0.2) is 6.04 Å². The first-order valence-electron chi connectivity index (χ1n) is 6.55. The number of hydrogen-bond donors (Lipinski definition) is 3. The summed E-state index contributed by atoms with van der Waals surface area (Å²) in [7, 11) is 1.39. The lowest BCUT2D eigenvalue weighted by Crippen LogP contribution is -2.43. The molecule has 1 amide bonds. The quantitative estimate of drug-likeness (QED) is 0.780. The summed E-state index contributed by atoms with van der Waals surface area (Å²) in [4.78, 5) is 26.4. The Labute approximate surface area is 122 Å². The minimum atomic E-state index is -1.13. The Morgan fingerprint density at radius 3 is 2.71 bits per heavy atom. The number of H-pyrrole nitrogens is 1. The highest BCUT2D eigenvalue weighted by Crippen LogP contribution is 2.22. The standard InChI is InChI=1S/C15H18N2O4/c1-8-9(2)16-12-5-4-10(6-11(8)12)14(18)17-13(7-21-3)15(19)20/h4-6,13,16H,7H2,1-3H3,(H,17,18)(H,19,20). The van der Waals surface area contributed by atoms with Gasteiger partial charge in [0.1, 0.15) is 0 Å². The lowest BCUT2D eigenvalue weighted by Gasteiger charge is -2.13. The Hall–Kier alpha value is -2.34. The van der Waals surface area contributed by atoms with E-state index in [4.69, 9.17) is 9.84 Å². The number of amides is 1. The van der Waals surface area contributed by atoms with Crippen molar-refractivity contribution in [2.45, 2.75) is 19.9 Å². The van der Waals surface area contributed by atoms with Crippen molar-refractivity contribution in [3.8, 4) is 0 Å². The molecule has 1 aromatic heterocycles. The van der Waals surface area contributed by atoms with Crippen molar-refractivity contribution in [3.63, 3.8) is 0 Å². The smallest absolute Gasteiger partial charge is 0.328 e. The molecule has 0 saturated carbocycles. The van der Waals surface area contributed by atoms with E-state index in [1.54, 1.807) is 12.1 Å². The fourth-order valence-corrected chi connectivity index (χ4v) is 2.19. The highest BCUT2D eigenvalue weighted by molar-refractivity contribution is 6.00. The molecule has 21 heavy (non-hydrogen) atoms. The zero-order valence-electron chi connectivity index (χ0n) is 12.2. The summed E-state index contributed by atoms with van der Waals surface area (Å²) in [5, 5.41) is 12.4. The van der Waals surface area contributed by atoms with Crippen LogP contribution < -0.4 is 5.32 Å². The van der Waals surface area contributed by atoms with Crippen molar-refractivity contribution in [1.29, 1.82) is 0 Å². The van der Waals surface area contributed by atoms with Gasteiger partial charge in [-0.05, 0) is 37.6 Å². The molecule has 1 aromatic carbocycles. The number of aliphatic carboxylic acids is 1. The molecule has 2 rings (SSSR count). The van der Waals surface area contributed by atoms with Gasteiger partial charge in [0, 0.05) is 29.3 Å². The lowest BCUT2D eigenvalue weighted by atomic mass is 10.1. The van der Waals surface area contributed by atoms with Gasteiger partial charge in [-0.2, -0.15) is 0 Å². The van der Waals surface area contributed by atoms with Crippen molar-refractivity contribution in [1.82, 2.24) is 10.3 Å². The van der Waals surface area contributed by atoms with Crippen LogP contribution in [0.3, 0.4) is 0 Å². The number of rotatable bonds is 5. The van der Waals surface area contributed by atoms with Gasteiger partial charge in [-0.1, -0.05) is 0 Å². The lowest BCUT2D eigenvalue weighted by molar-refractivity contribution is -0.140. The zero-order valence-corrected chi connectivity index (χ0v) is 12.2. The Kier molecular flexibility index (Phi) is 4.28. The molecule has 0 radical (unpaired) electrons. The summed E-state index contributed by atoms with van der Waals surface area (Å²) < 4.78 is 4.79. The third-order valence-electron chi connectivity index (χ3n) is 3.51. The van der Waals surface area contributed by atoms with E-state index in [9.17, 15) is 9.59 Å². The van der Waals surface area contributed by atoms with Crippen LogP contribution in [0.15, 0.2) is 18.2 Å². The number of carboxylic acids is 1. The zero-order chi connectivity index (χ0) is 15.6. The number of aromatic nitrogens is 1. The summed E-state index contributed by atoms with van der Waals surface area (Å²) in [6, 6.07) is 4.18. The van der Waals surface area contributed by atoms with Gasteiger partial charge in [0.25, 0.3) is 5.91 Å². The number of nitrogens with one attached hydrogen (secondary N) is 2. The molecule has 0 fully saturated rings. The molecule has 112 valence electrons. The van der Waals surface area contributed by atoms with Gasteiger partial charge < -0.3 is 20.1 Å². The maximum atomic E-state index is 12.2. The van der Waals surface area contributed by atoms with Crippen molar-refractivity contribution in [2.75, 3.05) is 13.7 Å². The number of fused-ring (bicyclic) bond motifs is 1. The summed E-state index contributed by atoms with van der Waals surface area (Å²) in [5.74, 6) is -1.56. The summed E-state index contributed by atoms with van der Waals surface area (Å²) >= 11 is 0. The van der Waals surface area contributed by atoms with Crippen LogP contribution in [0.4, 0.5) is 0 Å². The summed E-state index contributed by atoms with van der Waals surface area (Å²) in [5.41, 5.74) is 3.50. The maximum absolute atomic E-state index is 12.2. The fourth-order valence-electron chi connectivity index (χ4n) is 2.19. The first-order chi connectivity index (χ1) is 9.93. The van der Waals surface area contributed by atoms with Gasteiger partial charge in [-0.25, -0.2) is 4.79 Å². The molecule has 0 bridgehead atoms. The molecule has 3 N–H and O–H groups in total. The third-order valence-corrected chi connectivity index (χ3v) is 3.51. The number of ether oxygens (including phenoxy) is 1. The number of carbonyl (C=O) groups is 2. The van der Waals surface area contributed by atoms with Crippen LogP contribution in [0, 0.1) is 13.8 Å². The van der Waals surface area contributed by atoms with E-state index in [0.717, 1.165) is 22.2 Å². The van der Waals surface area contributed by atoms with Gasteiger partial charge in [-0.15, -0.1) is 0 Å². The highest BCUT2D eigenvalue weighted by Gasteiger charge is 2.20. The van der Waals surface area contributed by atoms with Crippen LogP contribution in [0.2, 0.25) is 0 Å². The number of carboxylic acid groups (broad SMARTS) is 1. The fraction of sp³-hybridized carbons (Fsp3) is 0.333. The number of methoxy groups -OCH3 is 1. The van der Waals surface area contributed by atoms with Crippen LogP contribution in [0.25, 0.3) is 10.9 Å². The van der Waals surface area contributed by atoms with Crippen LogP contribution in [-0.4, -0.2) is 41.7 Å². The van der Waals surface area contributed by atoms with Gasteiger partial charge in [-0.3, -0.25) is 4.79 Å². The van der Waals surface area contributed by atoms with E-state index >= 15 is 0 Å². The molecule has 0 saturated heterocycles. The summed E-state index contributed by atoms with van der Waals surface area (Å²) in [6.07, 6.45) is 0. The van der Waals surface area contributed by atoms with E-state index in [1.165, 1.54) is 7.11 Å². The van der Waals surface area contributed by atoms with Gasteiger partial charge in [0.05, 0.1) is 6.61 Å². The van der Waals surface area contributed by atoms with E-state index in [-0.39, 0.29) is 6.61 Å². The number of benzene rings is 1. The van der Waals surface area contributed by atoms with Gasteiger partial charge >= 0.3 is 5.97 Å². The largest absolute Gasteiger partial charge is 0.480 e. The molecule has 1 unspecified atom stereocenters. The predicted octanol–water partition coefficient (Wildman–Crippen LogP) is 1.61. The second-order valence-electron chi connectivity index (χ2n) is 4.95. The topological polar surface area (TPSA) is 91.4 Å². The molecule has 0 spiro atoms. The average molecular weight is 290 g/mol. The molecular formula is C15H18N2O4. The molecule has 0 aliphatic carbocycles. The average Bonchev–Trinajstić information content (AvgIpc) is 2.73. The second kappa shape index (κ2) is 5.97. The molecule has 6 heteroatoms. The number of aryl methyl sites for hydroxylation is 2. The SMILES string of the molecule is COCC(NC(=O)c1ccc2[nH]c(C)c(C)c2c1)C(=O)O. The number of aromatic amines is 1. The van der Waals surface area contributed by atoms with Crippen LogP contribution in [-0.2, 0) is 9.53 Å². The van der Waals surface area contributed by atoms with Crippen molar-refractivity contribution in [2.24, 2.45) is 0 Å². The third kappa shape index (κ3) is 3.05. The molecule has 1 heterocycles. The Morgan fingerprint density at radius 1 is 1.38 bits per heavy atom. The number of carbonyl (C=O) groups excluding carboxylic acids is 1. The Balaban J connectivity index is 2.26. The van der Waals surface area contributed by atoms with Crippen molar-refractivity contribution >= 4 is 22.8 Å².